The average Bonchev–Trinajstić information content (AvgIpc) is 3.54. The Bertz CT molecular complexity index is 1640. The second-order valence-corrected chi connectivity index (χ2v) is 11.3. The van der Waals surface area contributed by atoms with Crippen LogP contribution in [0.2, 0.25) is 0 Å². The zero-order valence-electron chi connectivity index (χ0n) is 25.9. The van der Waals surface area contributed by atoms with Crippen molar-refractivity contribution < 1.29 is 25.8 Å². The molecule has 0 N–H and O–H groups in total. The molecule has 6 aromatic rings. The average molecular weight is 701 g/mol. The predicted octanol–water partition coefficient (Wildman–Crippen LogP) is 11.6. The van der Waals surface area contributed by atoms with Crippen LogP contribution in [0.4, 0.5) is 0 Å². The van der Waals surface area contributed by atoms with Crippen molar-refractivity contribution in [2.24, 2.45) is 0 Å². The molecule has 0 aliphatic heterocycles. The van der Waals surface area contributed by atoms with Gasteiger partial charge in [-0.2, -0.15) is 12.1 Å². The van der Waals surface area contributed by atoms with Gasteiger partial charge in [0.1, 0.15) is 0 Å². The van der Waals surface area contributed by atoms with Gasteiger partial charge in [0.15, 0.2) is 0 Å². The van der Waals surface area contributed by atoms with E-state index in [0.717, 1.165) is 6.42 Å². The van der Waals surface area contributed by atoms with Crippen LogP contribution in [-0.2, 0) is 31.3 Å². The van der Waals surface area contributed by atoms with E-state index >= 15 is 0 Å². The maximum Gasteiger partial charge on any atom is 4.00 e. The van der Waals surface area contributed by atoms with Crippen LogP contribution >= 0.6 is 0 Å². The number of rotatable bonds is 5. The Morgan fingerprint density at radius 2 is 0.902 bits per heavy atom. The molecule has 41 heavy (non-hydrogen) atoms. The quantitative estimate of drug-likeness (QED) is 0.124. The summed E-state index contributed by atoms with van der Waals surface area (Å²) in [6, 6.07) is 36.6. The fraction of sp³-hybridized carbons (Fsp3) is 0.200. The van der Waals surface area contributed by atoms with Crippen molar-refractivity contribution in [3.8, 4) is 22.3 Å². The monoisotopic (exact) mass is 702 g/mol. The van der Waals surface area contributed by atoms with Crippen molar-refractivity contribution in [3.05, 3.63) is 145 Å². The van der Waals surface area contributed by atoms with Gasteiger partial charge in [0.2, 0.25) is 0 Å². The standard InChI is InChI=1S/C38H36.2CH3.Hf/c1-7-38(6,30-20-28-16-10-18-32(34(28)22-30)36-24(2)12-8-13-25(36)3)31-21-29-17-11-19-33(35(29)23-31)37-26(4)14-9-15-27(37)5;;;/h8-23H,7H2,1-6H3;2*1H3;/q-2;2*-1;+4. The number of hydrogen-bond acceptors (Lipinski definition) is 0. The Balaban J connectivity index is 0.00000154. The third-order valence-corrected chi connectivity index (χ3v) is 8.98. The minimum Gasteiger partial charge on any atom is -0.358 e. The molecule has 0 fully saturated rings. The van der Waals surface area contributed by atoms with Crippen LogP contribution in [0.15, 0.2) is 97.1 Å². The first-order chi connectivity index (χ1) is 18.3. The molecule has 206 valence electrons. The van der Waals surface area contributed by atoms with Gasteiger partial charge in [-0.1, -0.05) is 73.5 Å². The Labute approximate surface area is 267 Å². The van der Waals surface area contributed by atoms with E-state index in [0.29, 0.717) is 0 Å². The summed E-state index contributed by atoms with van der Waals surface area (Å²) in [4.78, 5) is 0. The first kappa shape index (κ1) is 32.5. The van der Waals surface area contributed by atoms with Gasteiger partial charge < -0.3 is 14.9 Å². The molecule has 6 aromatic carbocycles. The molecule has 0 radical (unpaired) electrons. The molecule has 0 aliphatic rings. The first-order valence-electron chi connectivity index (χ1n) is 13.8. The Kier molecular flexibility index (Phi) is 9.87. The maximum atomic E-state index is 2.46. The largest absolute Gasteiger partial charge is 4.00 e. The molecule has 0 heterocycles. The molecular formula is C40H42Hf. The topological polar surface area (TPSA) is 0 Å². The Hall–Kier alpha value is -3.03. The van der Waals surface area contributed by atoms with Crippen LogP contribution in [0.3, 0.4) is 0 Å². The van der Waals surface area contributed by atoms with Crippen molar-refractivity contribution >= 4 is 21.5 Å². The maximum absolute atomic E-state index is 2.46. The van der Waals surface area contributed by atoms with Gasteiger partial charge in [0, 0.05) is 0 Å². The normalized spacial score (nSPS) is 11.2. The van der Waals surface area contributed by atoms with Crippen molar-refractivity contribution in [2.75, 3.05) is 0 Å². The van der Waals surface area contributed by atoms with Crippen LogP contribution in [0.5, 0.6) is 0 Å². The van der Waals surface area contributed by atoms with Crippen LogP contribution in [0, 0.1) is 42.5 Å². The van der Waals surface area contributed by atoms with Gasteiger partial charge in [0.25, 0.3) is 0 Å². The first-order valence-corrected chi connectivity index (χ1v) is 13.8. The summed E-state index contributed by atoms with van der Waals surface area (Å²) in [5.41, 5.74) is 13.5. The molecule has 6 rings (SSSR count). The van der Waals surface area contributed by atoms with E-state index in [1.807, 2.05) is 0 Å². The van der Waals surface area contributed by atoms with Crippen LogP contribution in [0.25, 0.3) is 43.8 Å². The molecule has 1 heteroatoms. The van der Waals surface area contributed by atoms with E-state index in [4.69, 9.17) is 0 Å². The van der Waals surface area contributed by atoms with Crippen molar-refractivity contribution in [3.63, 3.8) is 0 Å². The molecule has 0 bridgehead atoms. The fourth-order valence-corrected chi connectivity index (χ4v) is 6.60. The molecule has 0 aromatic heterocycles. The van der Waals surface area contributed by atoms with Crippen molar-refractivity contribution in [2.45, 2.75) is 53.4 Å². The minimum atomic E-state index is -0.0753. The van der Waals surface area contributed by atoms with Crippen LogP contribution in [-0.4, -0.2) is 0 Å². The van der Waals surface area contributed by atoms with Gasteiger partial charge in [0.05, 0.1) is 0 Å². The van der Waals surface area contributed by atoms with Crippen LogP contribution < -0.4 is 0 Å². The molecule has 0 saturated heterocycles. The third kappa shape index (κ3) is 5.35. The molecule has 0 unspecified atom stereocenters. The fourth-order valence-electron chi connectivity index (χ4n) is 6.60. The number of hydrogen-bond donors (Lipinski definition) is 0. The SMILES string of the molecule is CCC(C)(c1cc2c(-c3c(C)cccc3C)cccc2[cH-]1)c1cc2c(-c3c(C)cccc3C)cccc2[cH-]1.[CH3-].[CH3-].[Hf+4]. The molecule has 0 nitrogen and oxygen atoms in total. The summed E-state index contributed by atoms with van der Waals surface area (Å²) in [5, 5.41) is 5.36. The van der Waals surface area contributed by atoms with Crippen molar-refractivity contribution in [1.29, 1.82) is 0 Å². The molecule has 0 aliphatic carbocycles. The van der Waals surface area contributed by atoms with E-state index in [2.05, 4.69) is 139 Å². The van der Waals surface area contributed by atoms with Gasteiger partial charge in [-0.15, -0.1) is 69.1 Å². The molecule has 0 spiro atoms. The summed E-state index contributed by atoms with van der Waals surface area (Å²) < 4.78 is 0. The summed E-state index contributed by atoms with van der Waals surface area (Å²) in [6.07, 6.45) is 1.04. The van der Waals surface area contributed by atoms with E-state index in [1.54, 1.807) is 0 Å². The van der Waals surface area contributed by atoms with E-state index in [9.17, 15) is 0 Å². The van der Waals surface area contributed by atoms with Crippen LogP contribution in [0.1, 0.15) is 53.6 Å². The predicted molar refractivity (Wildman–Crippen MR) is 178 cm³/mol. The summed E-state index contributed by atoms with van der Waals surface area (Å²) >= 11 is 0. The number of fused-ring (bicyclic) bond motifs is 2. The van der Waals surface area contributed by atoms with E-state index in [1.165, 1.54) is 77.2 Å². The smallest absolute Gasteiger partial charge is 0.358 e. The molecule has 0 amide bonds. The van der Waals surface area contributed by atoms with Crippen molar-refractivity contribution in [1.82, 2.24) is 0 Å². The van der Waals surface area contributed by atoms with Gasteiger partial charge in [-0.3, -0.25) is 0 Å². The molecule has 0 saturated carbocycles. The Morgan fingerprint density at radius 1 is 0.561 bits per heavy atom. The zero-order chi connectivity index (χ0) is 26.6. The van der Waals surface area contributed by atoms with Gasteiger partial charge >= 0.3 is 25.8 Å². The second-order valence-electron chi connectivity index (χ2n) is 11.3. The third-order valence-electron chi connectivity index (χ3n) is 8.98. The number of aryl methyl sites for hydroxylation is 4. The van der Waals surface area contributed by atoms with E-state index < -0.39 is 0 Å². The molecule has 0 atom stereocenters. The molecular weight excluding hydrogens is 659 g/mol. The zero-order valence-corrected chi connectivity index (χ0v) is 29.5. The minimum absolute atomic E-state index is 0. The summed E-state index contributed by atoms with van der Waals surface area (Å²) in [5.74, 6) is 0. The number of benzene rings is 4. The van der Waals surface area contributed by atoms with Gasteiger partial charge in [-0.25, -0.2) is 0 Å². The summed E-state index contributed by atoms with van der Waals surface area (Å²) in [7, 11) is 0. The van der Waals surface area contributed by atoms with E-state index in [-0.39, 0.29) is 46.1 Å². The van der Waals surface area contributed by atoms with Gasteiger partial charge in [-0.05, 0) is 72.9 Å². The summed E-state index contributed by atoms with van der Waals surface area (Å²) in [6.45, 7) is 13.7. The second kappa shape index (κ2) is 12.5. The Morgan fingerprint density at radius 3 is 1.24 bits per heavy atom.